The number of hydrogen-bond donors (Lipinski definition) is 1. The predicted octanol–water partition coefficient (Wildman–Crippen LogP) is 1.51. The second kappa shape index (κ2) is 7.18. The van der Waals surface area contributed by atoms with E-state index < -0.39 is 11.9 Å². The number of benzene rings is 1. The van der Waals surface area contributed by atoms with Crippen LogP contribution in [0.4, 0.5) is 5.69 Å². The second-order valence-corrected chi connectivity index (χ2v) is 5.59. The van der Waals surface area contributed by atoms with Gasteiger partial charge >= 0.3 is 5.97 Å². The van der Waals surface area contributed by atoms with E-state index in [9.17, 15) is 14.4 Å². The van der Waals surface area contributed by atoms with Crippen LogP contribution in [0.5, 0.6) is 0 Å². The number of ether oxygens (including phenoxy) is 1. The van der Waals surface area contributed by atoms with E-state index in [0.717, 1.165) is 0 Å². The third-order valence-electron chi connectivity index (χ3n) is 3.58. The third-order valence-corrected chi connectivity index (χ3v) is 3.58. The Hall–Kier alpha value is -3.49. The Morgan fingerprint density at radius 2 is 2.12 bits per heavy atom. The van der Waals surface area contributed by atoms with Gasteiger partial charge in [0.05, 0.1) is 23.8 Å². The minimum Gasteiger partial charge on any atom is -0.464 e. The van der Waals surface area contributed by atoms with Gasteiger partial charge in [0.1, 0.15) is 12.4 Å². The molecule has 2 heterocycles. The highest BCUT2D eigenvalue weighted by Crippen LogP contribution is 2.15. The molecule has 134 valence electrons. The topological polar surface area (TPSA) is 116 Å². The van der Waals surface area contributed by atoms with Gasteiger partial charge in [-0.15, -0.1) is 0 Å². The van der Waals surface area contributed by atoms with Crippen LogP contribution in [0, 0.1) is 6.92 Å². The molecule has 0 aliphatic rings. The summed E-state index contributed by atoms with van der Waals surface area (Å²) < 4.78 is 11.1. The molecule has 0 bridgehead atoms. The largest absolute Gasteiger partial charge is 0.464 e. The maximum atomic E-state index is 12.6. The van der Waals surface area contributed by atoms with Crippen LogP contribution in [-0.2, 0) is 16.1 Å². The maximum absolute atomic E-state index is 12.6. The number of aromatic nitrogens is 3. The summed E-state index contributed by atoms with van der Waals surface area (Å²) in [5.74, 6) is -0.339. The molecule has 0 saturated carbocycles. The highest BCUT2D eigenvalue weighted by Gasteiger charge is 2.12. The van der Waals surface area contributed by atoms with Crippen molar-refractivity contribution in [3.8, 4) is 0 Å². The number of amides is 1. The molecular weight excluding hydrogens is 340 g/mol. The predicted molar refractivity (Wildman–Crippen MR) is 91.8 cm³/mol. The molecule has 0 aliphatic heterocycles. The highest BCUT2D eigenvalue weighted by molar-refractivity contribution is 6.03. The fourth-order valence-electron chi connectivity index (χ4n) is 2.35. The third kappa shape index (κ3) is 3.77. The molecule has 1 N–H and O–H groups in total. The van der Waals surface area contributed by atoms with E-state index in [4.69, 9.17) is 9.26 Å². The van der Waals surface area contributed by atoms with Crippen LogP contribution in [0.25, 0.3) is 10.9 Å². The van der Waals surface area contributed by atoms with E-state index in [0.29, 0.717) is 22.4 Å². The number of rotatable bonds is 5. The Labute approximate surface area is 147 Å². The van der Waals surface area contributed by atoms with Crippen LogP contribution in [0.1, 0.15) is 23.2 Å². The van der Waals surface area contributed by atoms with Gasteiger partial charge in [-0.3, -0.25) is 19.0 Å². The number of carbonyl (C=O) groups excluding carboxylic acids is 2. The number of esters is 1. The molecule has 0 radical (unpaired) electrons. The fourth-order valence-corrected chi connectivity index (χ4v) is 2.35. The smallest absolute Gasteiger partial charge is 0.302 e. The van der Waals surface area contributed by atoms with Crippen LogP contribution < -0.4 is 10.9 Å². The number of nitrogens with one attached hydrogen (secondary N) is 1. The first kappa shape index (κ1) is 17.3. The van der Waals surface area contributed by atoms with Crippen molar-refractivity contribution in [3.05, 3.63) is 52.4 Å². The molecule has 0 unspecified atom stereocenters. The van der Waals surface area contributed by atoms with Crippen LogP contribution >= 0.6 is 0 Å². The molecule has 9 nitrogen and oxygen atoms in total. The zero-order chi connectivity index (χ0) is 18.7. The molecule has 26 heavy (non-hydrogen) atoms. The van der Waals surface area contributed by atoms with Crippen LogP contribution in [-0.4, -0.2) is 33.2 Å². The first-order valence-corrected chi connectivity index (χ1v) is 7.81. The number of fused-ring (bicyclic) bond motifs is 1. The summed E-state index contributed by atoms with van der Waals surface area (Å²) in [7, 11) is 0. The van der Waals surface area contributed by atoms with Crippen molar-refractivity contribution in [1.29, 1.82) is 0 Å². The number of anilines is 1. The summed E-state index contributed by atoms with van der Waals surface area (Å²) in [4.78, 5) is 39.7. The summed E-state index contributed by atoms with van der Waals surface area (Å²) in [5.41, 5.74) is 0.775. The number of nitrogens with zero attached hydrogens (tertiary/aromatic N) is 3. The lowest BCUT2D eigenvalue weighted by atomic mass is 10.2. The molecule has 0 atom stereocenters. The van der Waals surface area contributed by atoms with Crippen molar-refractivity contribution in [3.63, 3.8) is 0 Å². The maximum Gasteiger partial charge on any atom is 0.302 e. The average Bonchev–Trinajstić information content (AvgIpc) is 3.04. The Morgan fingerprint density at radius 3 is 2.81 bits per heavy atom. The van der Waals surface area contributed by atoms with E-state index in [1.165, 1.54) is 30.0 Å². The average molecular weight is 356 g/mol. The standard InChI is InChI=1S/C17H16N4O5/c1-10-7-15(20-26-10)16(23)19-12-3-4-14-13(8-12)17(24)21(9-18-14)5-6-25-11(2)22/h3-4,7-9H,5-6H2,1-2H3,(H,19,23). The van der Waals surface area contributed by atoms with Crippen LogP contribution in [0.2, 0.25) is 0 Å². The van der Waals surface area contributed by atoms with Crippen molar-refractivity contribution < 1.29 is 18.8 Å². The second-order valence-electron chi connectivity index (χ2n) is 5.59. The van der Waals surface area contributed by atoms with E-state index in [-0.39, 0.29) is 24.4 Å². The van der Waals surface area contributed by atoms with E-state index >= 15 is 0 Å². The molecule has 1 aromatic carbocycles. The summed E-state index contributed by atoms with van der Waals surface area (Å²) in [5, 5.41) is 6.65. The van der Waals surface area contributed by atoms with Gasteiger partial charge in [0.25, 0.3) is 11.5 Å². The molecule has 0 spiro atoms. The van der Waals surface area contributed by atoms with Gasteiger partial charge < -0.3 is 14.6 Å². The molecule has 0 fully saturated rings. The van der Waals surface area contributed by atoms with Crippen molar-refractivity contribution in [1.82, 2.24) is 14.7 Å². The fraction of sp³-hybridized carbons (Fsp3) is 0.235. The first-order chi connectivity index (χ1) is 12.4. The Bertz CT molecular complexity index is 1040. The van der Waals surface area contributed by atoms with E-state index in [1.807, 2.05) is 0 Å². The molecule has 1 amide bonds. The molecule has 0 aliphatic carbocycles. The first-order valence-electron chi connectivity index (χ1n) is 7.81. The van der Waals surface area contributed by atoms with Gasteiger partial charge in [-0.05, 0) is 25.1 Å². The van der Waals surface area contributed by atoms with Crippen molar-refractivity contribution in [2.45, 2.75) is 20.4 Å². The van der Waals surface area contributed by atoms with Crippen LogP contribution in [0.3, 0.4) is 0 Å². The zero-order valence-corrected chi connectivity index (χ0v) is 14.2. The minimum absolute atomic E-state index is 0.0738. The Balaban J connectivity index is 1.84. The summed E-state index contributed by atoms with van der Waals surface area (Å²) in [6.07, 6.45) is 1.39. The lowest BCUT2D eigenvalue weighted by molar-refractivity contribution is -0.141. The van der Waals surface area contributed by atoms with E-state index in [2.05, 4.69) is 15.5 Å². The van der Waals surface area contributed by atoms with E-state index in [1.54, 1.807) is 19.1 Å². The number of hydrogen-bond acceptors (Lipinski definition) is 7. The van der Waals surface area contributed by atoms with Crippen molar-refractivity contribution >= 4 is 28.5 Å². The summed E-state index contributed by atoms with van der Waals surface area (Å²) in [6.45, 7) is 3.25. The van der Waals surface area contributed by atoms with Crippen molar-refractivity contribution in [2.24, 2.45) is 0 Å². The molecule has 2 aromatic heterocycles. The monoisotopic (exact) mass is 356 g/mol. The molecular formula is C17H16N4O5. The molecule has 3 aromatic rings. The number of aryl methyl sites for hydroxylation is 1. The van der Waals surface area contributed by atoms with Crippen molar-refractivity contribution in [2.75, 3.05) is 11.9 Å². The summed E-state index contributed by atoms with van der Waals surface area (Å²) >= 11 is 0. The zero-order valence-electron chi connectivity index (χ0n) is 14.2. The molecule has 3 rings (SSSR count). The lowest BCUT2D eigenvalue weighted by Crippen LogP contribution is -2.23. The quantitative estimate of drug-likeness (QED) is 0.689. The summed E-state index contributed by atoms with van der Waals surface area (Å²) in [6, 6.07) is 6.33. The van der Waals surface area contributed by atoms with Gasteiger partial charge in [-0.25, -0.2) is 4.98 Å². The van der Waals surface area contributed by atoms with Gasteiger partial charge in [-0.1, -0.05) is 5.16 Å². The Kier molecular flexibility index (Phi) is 4.78. The van der Waals surface area contributed by atoms with Crippen LogP contribution in [0.15, 0.2) is 39.9 Å². The van der Waals surface area contributed by atoms with Gasteiger partial charge in [0.2, 0.25) is 0 Å². The normalized spacial score (nSPS) is 10.7. The SMILES string of the molecule is CC(=O)OCCn1cnc2ccc(NC(=O)c3cc(C)on3)cc2c1=O. The Morgan fingerprint density at radius 1 is 1.31 bits per heavy atom. The molecule has 0 saturated heterocycles. The van der Waals surface area contributed by atoms with Gasteiger partial charge in [0, 0.05) is 18.7 Å². The minimum atomic E-state index is -0.444. The molecule has 9 heteroatoms. The van der Waals surface area contributed by atoms with Gasteiger partial charge in [0.15, 0.2) is 5.69 Å². The lowest BCUT2D eigenvalue weighted by Gasteiger charge is -2.08. The highest BCUT2D eigenvalue weighted by atomic mass is 16.5. The van der Waals surface area contributed by atoms with Gasteiger partial charge in [-0.2, -0.15) is 0 Å². The number of carbonyl (C=O) groups is 2.